The Morgan fingerprint density at radius 3 is 2.72 bits per heavy atom. The van der Waals surface area contributed by atoms with E-state index in [4.69, 9.17) is 18.9 Å². The number of amides is 1. The molecule has 0 fully saturated rings. The van der Waals surface area contributed by atoms with Gasteiger partial charge in [-0.1, -0.05) is 35.1 Å². The molecule has 5 aromatic rings. The Labute approximate surface area is 210 Å². The average Bonchev–Trinajstić information content (AvgIpc) is 3.43. The molecule has 1 aliphatic heterocycles. The van der Waals surface area contributed by atoms with Crippen molar-refractivity contribution in [2.75, 3.05) is 18.6 Å². The Morgan fingerprint density at radius 2 is 1.92 bits per heavy atom. The zero-order valence-electron chi connectivity index (χ0n) is 19.9. The highest BCUT2D eigenvalue weighted by atomic mass is 32.1. The lowest BCUT2D eigenvalue weighted by Gasteiger charge is -2.23. The van der Waals surface area contributed by atoms with Gasteiger partial charge in [0.1, 0.15) is 17.1 Å². The molecule has 3 heterocycles. The van der Waals surface area contributed by atoms with Crippen LogP contribution in [0.1, 0.15) is 40.2 Å². The lowest BCUT2D eigenvalue weighted by Crippen LogP contribution is -2.29. The molecule has 1 aliphatic rings. The molecule has 0 saturated carbocycles. The molecular formula is C28H22N2O5S. The first-order valence-electron chi connectivity index (χ1n) is 11.6. The minimum absolute atomic E-state index is 0.0417. The standard InChI is InChI=1S/C28H22N2O5S/c1-4-34-18-7-5-6-16(13-18)24-23-25(31)19-12-15(2)8-11-21(19)35-26(23)27(32)30(24)28-29-20-10-9-17(33-3)14-22(20)36-28/h5-14,24H,4H2,1-3H3. The number of hydrogen-bond donors (Lipinski definition) is 0. The van der Waals surface area contributed by atoms with Crippen molar-refractivity contribution >= 4 is 43.6 Å². The number of benzene rings is 3. The van der Waals surface area contributed by atoms with Gasteiger partial charge in [0.25, 0.3) is 5.91 Å². The highest BCUT2D eigenvalue weighted by Gasteiger charge is 2.45. The number of methoxy groups -OCH3 is 1. The summed E-state index contributed by atoms with van der Waals surface area (Å²) in [5, 5.41) is 0.921. The Hall–Kier alpha value is -4.17. The maximum Gasteiger partial charge on any atom is 0.297 e. The van der Waals surface area contributed by atoms with Crippen LogP contribution < -0.4 is 19.8 Å². The molecule has 3 aromatic carbocycles. The van der Waals surface area contributed by atoms with Gasteiger partial charge in [-0.2, -0.15) is 0 Å². The van der Waals surface area contributed by atoms with Gasteiger partial charge in [-0.15, -0.1) is 0 Å². The molecule has 0 aliphatic carbocycles. The maximum atomic E-state index is 13.9. The van der Waals surface area contributed by atoms with Crippen molar-refractivity contribution in [1.29, 1.82) is 0 Å². The van der Waals surface area contributed by atoms with Crippen molar-refractivity contribution in [3.05, 3.63) is 93.3 Å². The molecule has 7 nitrogen and oxygen atoms in total. The number of rotatable bonds is 5. The summed E-state index contributed by atoms with van der Waals surface area (Å²) >= 11 is 1.36. The molecule has 6 rings (SSSR count). The van der Waals surface area contributed by atoms with Gasteiger partial charge in [0.05, 0.1) is 40.9 Å². The Bertz CT molecular complexity index is 1720. The predicted molar refractivity (Wildman–Crippen MR) is 140 cm³/mol. The molecule has 0 saturated heterocycles. The zero-order valence-corrected chi connectivity index (χ0v) is 20.7. The molecule has 36 heavy (non-hydrogen) atoms. The van der Waals surface area contributed by atoms with Gasteiger partial charge in [0, 0.05) is 0 Å². The number of aryl methyl sites for hydroxylation is 1. The summed E-state index contributed by atoms with van der Waals surface area (Å²) in [6, 6.07) is 17.7. The van der Waals surface area contributed by atoms with E-state index in [1.165, 1.54) is 11.3 Å². The van der Waals surface area contributed by atoms with Crippen LogP contribution in [0.15, 0.2) is 69.9 Å². The maximum absolute atomic E-state index is 13.9. The average molecular weight is 499 g/mol. The van der Waals surface area contributed by atoms with E-state index in [2.05, 4.69) is 0 Å². The number of thiazole rings is 1. The van der Waals surface area contributed by atoms with Crippen LogP contribution in [0, 0.1) is 6.92 Å². The molecule has 0 bridgehead atoms. The normalized spacial score (nSPS) is 15.0. The second-order valence-electron chi connectivity index (χ2n) is 8.59. The molecular weight excluding hydrogens is 476 g/mol. The van der Waals surface area contributed by atoms with E-state index >= 15 is 0 Å². The van der Waals surface area contributed by atoms with Crippen LogP contribution in [0.25, 0.3) is 21.2 Å². The number of hydrogen-bond acceptors (Lipinski definition) is 7. The van der Waals surface area contributed by atoms with Crippen molar-refractivity contribution in [3.8, 4) is 11.5 Å². The summed E-state index contributed by atoms with van der Waals surface area (Å²) in [6.45, 7) is 4.33. The van der Waals surface area contributed by atoms with Crippen molar-refractivity contribution in [3.63, 3.8) is 0 Å². The van der Waals surface area contributed by atoms with Gasteiger partial charge in [-0.3, -0.25) is 14.5 Å². The van der Waals surface area contributed by atoms with Gasteiger partial charge >= 0.3 is 0 Å². The van der Waals surface area contributed by atoms with Gasteiger partial charge < -0.3 is 13.9 Å². The number of nitrogens with zero attached hydrogens (tertiary/aromatic N) is 2. The first-order chi connectivity index (χ1) is 17.5. The fraction of sp³-hybridized carbons (Fsp3) is 0.179. The number of aromatic nitrogens is 1. The Kier molecular flexibility index (Phi) is 5.26. The molecule has 0 radical (unpaired) electrons. The number of ether oxygens (including phenoxy) is 2. The van der Waals surface area contributed by atoms with E-state index in [0.29, 0.717) is 39.8 Å². The minimum atomic E-state index is -0.712. The third-order valence-corrected chi connectivity index (χ3v) is 7.32. The lowest BCUT2D eigenvalue weighted by atomic mass is 9.98. The van der Waals surface area contributed by atoms with Gasteiger partial charge in [0.2, 0.25) is 5.76 Å². The molecule has 180 valence electrons. The number of carbonyl (C=O) groups excluding carboxylic acids is 1. The summed E-state index contributed by atoms with van der Waals surface area (Å²) in [7, 11) is 1.61. The highest BCUT2D eigenvalue weighted by Crippen LogP contribution is 2.44. The van der Waals surface area contributed by atoms with E-state index < -0.39 is 11.9 Å². The van der Waals surface area contributed by atoms with Crippen LogP contribution >= 0.6 is 11.3 Å². The fourth-order valence-corrected chi connectivity index (χ4v) is 5.68. The largest absolute Gasteiger partial charge is 0.497 e. The van der Waals surface area contributed by atoms with E-state index in [1.807, 2.05) is 62.4 Å². The van der Waals surface area contributed by atoms with Crippen LogP contribution in [0.4, 0.5) is 5.13 Å². The third-order valence-electron chi connectivity index (χ3n) is 6.30. The van der Waals surface area contributed by atoms with Crippen LogP contribution in [0.3, 0.4) is 0 Å². The monoisotopic (exact) mass is 498 g/mol. The first-order valence-corrected chi connectivity index (χ1v) is 12.4. The number of carbonyl (C=O) groups is 1. The Morgan fingerprint density at radius 1 is 1.06 bits per heavy atom. The van der Waals surface area contributed by atoms with Crippen molar-refractivity contribution < 1.29 is 18.7 Å². The Balaban J connectivity index is 1.61. The van der Waals surface area contributed by atoms with Gasteiger partial charge in [-0.05, 0) is 61.9 Å². The van der Waals surface area contributed by atoms with Crippen LogP contribution in [-0.2, 0) is 0 Å². The second kappa shape index (κ2) is 8.49. The third kappa shape index (κ3) is 3.45. The summed E-state index contributed by atoms with van der Waals surface area (Å²) in [4.78, 5) is 34.0. The van der Waals surface area contributed by atoms with Crippen LogP contribution in [-0.4, -0.2) is 24.6 Å². The second-order valence-corrected chi connectivity index (χ2v) is 9.60. The zero-order chi connectivity index (χ0) is 25.0. The van der Waals surface area contributed by atoms with Crippen molar-refractivity contribution in [2.45, 2.75) is 19.9 Å². The summed E-state index contributed by atoms with van der Waals surface area (Å²) in [6.07, 6.45) is 0. The highest BCUT2D eigenvalue weighted by molar-refractivity contribution is 7.22. The molecule has 2 aromatic heterocycles. The molecule has 8 heteroatoms. The van der Waals surface area contributed by atoms with Crippen LogP contribution in [0.2, 0.25) is 0 Å². The molecule has 0 N–H and O–H groups in total. The lowest BCUT2D eigenvalue weighted by molar-refractivity contribution is 0.0971. The van der Waals surface area contributed by atoms with E-state index in [-0.39, 0.29) is 11.2 Å². The van der Waals surface area contributed by atoms with Gasteiger partial charge in [0.15, 0.2) is 10.6 Å². The minimum Gasteiger partial charge on any atom is -0.497 e. The van der Waals surface area contributed by atoms with Crippen molar-refractivity contribution in [2.24, 2.45) is 0 Å². The molecule has 1 unspecified atom stereocenters. The van der Waals surface area contributed by atoms with Crippen LogP contribution in [0.5, 0.6) is 11.5 Å². The predicted octanol–water partition coefficient (Wildman–Crippen LogP) is 5.87. The number of anilines is 1. The molecule has 1 amide bonds. The van der Waals surface area contributed by atoms with E-state index in [1.54, 1.807) is 24.1 Å². The van der Waals surface area contributed by atoms with E-state index in [9.17, 15) is 9.59 Å². The molecule has 0 spiro atoms. The fourth-order valence-electron chi connectivity index (χ4n) is 4.66. The van der Waals surface area contributed by atoms with Crippen molar-refractivity contribution in [1.82, 2.24) is 4.98 Å². The quantitative estimate of drug-likeness (QED) is 0.302. The summed E-state index contributed by atoms with van der Waals surface area (Å²) < 4.78 is 18.0. The summed E-state index contributed by atoms with van der Waals surface area (Å²) in [5.74, 6) is 1.00. The van der Waals surface area contributed by atoms with E-state index in [0.717, 1.165) is 21.3 Å². The SMILES string of the molecule is CCOc1cccc(C2c3c(oc4ccc(C)cc4c3=O)C(=O)N2c2nc3ccc(OC)cc3s2)c1. The van der Waals surface area contributed by atoms with Gasteiger partial charge in [-0.25, -0.2) is 4.98 Å². The number of fused-ring (bicyclic) bond motifs is 3. The summed E-state index contributed by atoms with van der Waals surface area (Å²) in [5.41, 5.74) is 2.89. The topological polar surface area (TPSA) is 81.9 Å². The first kappa shape index (κ1) is 22.3. The smallest absolute Gasteiger partial charge is 0.297 e. The molecule has 1 atom stereocenters.